The van der Waals surface area contributed by atoms with E-state index in [4.69, 9.17) is 4.74 Å². The summed E-state index contributed by atoms with van der Waals surface area (Å²) in [7, 11) is 0. The number of hydrogen-bond donors (Lipinski definition) is 3. The van der Waals surface area contributed by atoms with Gasteiger partial charge in [-0.05, 0) is 47.9 Å². The average Bonchev–Trinajstić information content (AvgIpc) is 3.10. The lowest BCUT2D eigenvalue weighted by molar-refractivity contribution is -0.143. The number of rotatable bonds is 10. The van der Waals surface area contributed by atoms with Crippen molar-refractivity contribution in [3.8, 4) is 11.1 Å². The fourth-order valence-electron chi connectivity index (χ4n) is 4.60. The summed E-state index contributed by atoms with van der Waals surface area (Å²) >= 11 is 0. The number of ether oxygens (including phenoxy) is 1. The Morgan fingerprint density at radius 1 is 1.03 bits per heavy atom. The molecule has 0 radical (unpaired) electrons. The predicted octanol–water partition coefficient (Wildman–Crippen LogP) is 4.70. The molecule has 0 spiro atoms. The van der Waals surface area contributed by atoms with Crippen LogP contribution >= 0.6 is 0 Å². The van der Waals surface area contributed by atoms with Crippen molar-refractivity contribution in [1.82, 2.24) is 10.6 Å². The normalized spacial score (nSPS) is 15.1. The molecule has 3 N–H and O–H groups in total. The van der Waals surface area contributed by atoms with Gasteiger partial charge in [0.2, 0.25) is 5.91 Å². The third-order valence-corrected chi connectivity index (χ3v) is 6.28. The van der Waals surface area contributed by atoms with Gasteiger partial charge in [0.15, 0.2) is 0 Å². The summed E-state index contributed by atoms with van der Waals surface area (Å²) in [5.41, 5.74) is 3.17. The summed E-state index contributed by atoms with van der Waals surface area (Å²) in [6.07, 6.45) is 0.560. The van der Waals surface area contributed by atoms with Gasteiger partial charge >= 0.3 is 12.1 Å². The van der Waals surface area contributed by atoms with Crippen molar-refractivity contribution in [2.45, 2.75) is 64.5 Å². The molecule has 0 fully saturated rings. The van der Waals surface area contributed by atoms with Gasteiger partial charge in [0.25, 0.3) is 0 Å². The van der Waals surface area contributed by atoms with Gasteiger partial charge in [0, 0.05) is 5.92 Å². The maximum Gasteiger partial charge on any atom is 0.408 e. The van der Waals surface area contributed by atoms with Crippen molar-refractivity contribution < 1.29 is 24.2 Å². The number of carbonyl (C=O) groups is 3. The number of benzene rings is 2. The molecule has 2 atom stereocenters. The molecule has 1 aliphatic carbocycles. The van der Waals surface area contributed by atoms with E-state index in [1.807, 2.05) is 57.2 Å². The number of hydrogen-bond acceptors (Lipinski definition) is 4. The highest BCUT2D eigenvalue weighted by Gasteiger charge is 2.37. The van der Waals surface area contributed by atoms with E-state index in [1.54, 1.807) is 6.92 Å². The molecule has 0 heterocycles. The van der Waals surface area contributed by atoms with Crippen molar-refractivity contribution in [3.05, 3.63) is 59.7 Å². The highest BCUT2D eigenvalue weighted by Crippen LogP contribution is 2.44. The van der Waals surface area contributed by atoms with Crippen LogP contribution < -0.4 is 10.6 Å². The highest BCUT2D eigenvalue weighted by molar-refractivity contribution is 5.92. The molecule has 0 bridgehead atoms. The van der Waals surface area contributed by atoms with Crippen LogP contribution in [-0.2, 0) is 14.3 Å². The van der Waals surface area contributed by atoms with E-state index in [0.717, 1.165) is 22.3 Å². The topological polar surface area (TPSA) is 105 Å². The van der Waals surface area contributed by atoms with Gasteiger partial charge in [-0.3, -0.25) is 4.79 Å². The Kier molecular flexibility index (Phi) is 7.97. The van der Waals surface area contributed by atoms with Gasteiger partial charge < -0.3 is 20.5 Å². The van der Waals surface area contributed by atoms with Crippen LogP contribution in [0.4, 0.5) is 4.79 Å². The molecule has 2 unspecified atom stereocenters. The fourth-order valence-corrected chi connectivity index (χ4v) is 4.60. The van der Waals surface area contributed by atoms with Gasteiger partial charge in [-0.15, -0.1) is 0 Å². The smallest absolute Gasteiger partial charge is 0.408 e. The van der Waals surface area contributed by atoms with Crippen molar-refractivity contribution >= 4 is 18.0 Å². The minimum Gasteiger partial charge on any atom is -0.480 e. The first kappa shape index (κ1) is 25.3. The molecule has 34 heavy (non-hydrogen) atoms. The molecular weight excluding hydrogens is 432 g/mol. The quantitative estimate of drug-likeness (QED) is 0.471. The predicted molar refractivity (Wildman–Crippen MR) is 131 cm³/mol. The highest BCUT2D eigenvalue weighted by atomic mass is 16.5. The summed E-state index contributed by atoms with van der Waals surface area (Å²) < 4.78 is 5.60. The third kappa shape index (κ3) is 5.58. The molecule has 182 valence electrons. The van der Waals surface area contributed by atoms with Crippen LogP contribution in [0.1, 0.15) is 64.0 Å². The second kappa shape index (κ2) is 10.7. The Labute approximate surface area is 200 Å². The van der Waals surface area contributed by atoms with Gasteiger partial charge in [0.05, 0.1) is 0 Å². The van der Waals surface area contributed by atoms with Gasteiger partial charge in [-0.1, -0.05) is 75.7 Å². The van der Waals surface area contributed by atoms with E-state index in [2.05, 4.69) is 22.8 Å². The molecule has 1 aliphatic rings. The fraction of sp³-hybridized carbons (Fsp3) is 0.444. The van der Waals surface area contributed by atoms with Crippen molar-refractivity contribution in [1.29, 1.82) is 0 Å². The van der Waals surface area contributed by atoms with Crippen LogP contribution in [0, 0.1) is 5.92 Å². The van der Waals surface area contributed by atoms with Crippen molar-refractivity contribution in [3.63, 3.8) is 0 Å². The van der Waals surface area contributed by atoms with Gasteiger partial charge in [0.1, 0.15) is 18.2 Å². The number of alkyl carbamates (subject to hydrolysis) is 1. The zero-order valence-corrected chi connectivity index (χ0v) is 20.3. The number of nitrogens with one attached hydrogen (secondary N) is 2. The average molecular weight is 467 g/mol. The molecule has 2 aromatic carbocycles. The van der Waals surface area contributed by atoms with Gasteiger partial charge in [-0.2, -0.15) is 0 Å². The third-order valence-electron chi connectivity index (χ3n) is 6.28. The van der Waals surface area contributed by atoms with Crippen LogP contribution in [0.25, 0.3) is 11.1 Å². The van der Waals surface area contributed by atoms with E-state index in [9.17, 15) is 19.5 Å². The van der Waals surface area contributed by atoms with Crippen LogP contribution in [0.2, 0.25) is 0 Å². The monoisotopic (exact) mass is 466 g/mol. The Hall–Kier alpha value is -3.35. The molecule has 2 amide bonds. The number of carbonyl (C=O) groups excluding carboxylic acids is 2. The zero-order valence-electron chi connectivity index (χ0n) is 20.3. The molecule has 3 rings (SSSR count). The first-order valence-corrected chi connectivity index (χ1v) is 11.8. The molecular formula is C27H34N2O5. The number of fused-ring (bicyclic) bond motifs is 3. The minimum atomic E-state index is -1.29. The van der Waals surface area contributed by atoms with E-state index >= 15 is 0 Å². The Balaban J connectivity index is 1.69. The Bertz CT molecular complexity index is 1010. The number of aliphatic carboxylic acids is 1. The van der Waals surface area contributed by atoms with Crippen LogP contribution in [0.15, 0.2) is 48.5 Å². The lowest BCUT2D eigenvalue weighted by atomic mass is 9.94. The lowest BCUT2D eigenvalue weighted by Gasteiger charge is -2.31. The van der Waals surface area contributed by atoms with Crippen LogP contribution in [0.3, 0.4) is 0 Å². The molecule has 7 nitrogen and oxygen atoms in total. The second-order valence-corrected chi connectivity index (χ2v) is 9.53. The molecule has 0 saturated carbocycles. The van der Waals surface area contributed by atoms with Crippen molar-refractivity contribution in [2.75, 3.05) is 6.61 Å². The number of amides is 2. The standard InChI is InChI=1S/C27H34N2O5/c1-5-14-27(4,25(32)28-23(24(30)31)15-17(2)3)29-26(33)34-16-22-20-12-8-6-10-18(20)19-11-7-9-13-21(19)22/h6-13,17,22-23H,5,14-16H2,1-4H3,(H,28,32)(H,29,33)(H,30,31). The van der Waals surface area contributed by atoms with E-state index < -0.39 is 29.6 Å². The van der Waals surface area contributed by atoms with E-state index in [0.29, 0.717) is 19.3 Å². The summed E-state index contributed by atoms with van der Waals surface area (Å²) in [4.78, 5) is 37.4. The minimum absolute atomic E-state index is 0.0909. The summed E-state index contributed by atoms with van der Waals surface area (Å²) in [5, 5.41) is 14.8. The summed E-state index contributed by atoms with van der Waals surface area (Å²) in [6, 6.07) is 15.1. The number of carboxylic acid groups (broad SMARTS) is 1. The maximum absolute atomic E-state index is 13.0. The summed E-state index contributed by atoms with van der Waals surface area (Å²) in [6.45, 7) is 7.41. The Morgan fingerprint density at radius 3 is 2.09 bits per heavy atom. The summed E-state index contributed by atoms with van der Waals surface area (Å²) in [5.74, 6) is -1.63. The second-order valence-electron chi connectivity index (χ2n) is 9.53. The van der Waals surface area contributed by atoms with Crippen LogP contribution in [-0.4, -0.2) is 41.3 Å². The Morgan fingerprint density at radius 2 is 1.59 bits per heavy atom. The first-order chi connectivity index (χ1) is 16.2. The molecule has 0 aromatic heterocycles. The van der Waals surface area contributed by atoms with E-state index in [1.165, 1.54) is 0 Å². The van der Waals surface area contributed by atoms with Gasteiger partial charge in [-0.25, -0.2) is 9.59 Å². The maximum atomic E-state index is 13.0. The zero-order chi connectivity index (χ0) is 24.9. The molecule has 2 aromatic rings. The van der Waals surface area contributed by atoms with E-state index in [-0.39, 0.29) is 18.4 Å². The first-order valence-electron chi connectivity index (χ1n) is 11.8. The van der Waals surface area contributed by atoms with Crippen molar-refractivity contribution in [2.24, 2.45) is 5.92 Å². The SMILES string of the molecule is CCCC(C)(NC(=O)OCC1c2ccccc2-c2ccccc21)C(=O)NC(CC(C)C)C(=O)O. The lowest BCUT2D eigenvalue weighted by Crippen LogP contribution is -2.59. The largest absolute Gasteiger partial charge is 0.480 e. The number of carboxylic acids is 1. The molecule has 7 heteroatoms. The molecule has 0 aliphatic heterocycles. The van der Waals surface area contributed by atoms with Crippen LogP contribution in [0.5, 0.6) is 0 Å². The molecule has 0 saturated heterocycles.